The maximum absolute atomic E-state index is 11.9. The number of benzene rings is 1. The van der Waals surface area contributed by atoms with Crippen molar-refractivity contribution < 1.29 is 19.2 Å². The minimum absolute atomic E-state index is 0.0370. The Labute approximate surface area is 140 Å². The molecule has 1 aliphatic rings. The van der Waals surface area contributed by atoms with Gasteiger partial charge in [-0.05, 0) is 18.9 Å². The molecule has 1 fully saturated rings. The van der Waals surface area contributed by atoms with Gasteiger partial charge in [0.2, 0.25) is 5.13 Å². The standard InChI is InChI=1S/C14H14N4O5S/c19-12(8-23-10-5-2-1-4-9(10)18(20)21)15-14-17-16-13(24-14)11-6-3-7-22-11/h1-2,4-5,11H,3,6-8H2,(H,15,17,19)/t11-/m0/s1. The predicted molar refractivity (Wildman–Crippen MR) is 85.1 cm³/mol. The van der Waals surface area contributed by atoms with E-state index in [0.29, 0.717) is 11.7 Å². The molecule has 0 aliphatic carbocycles. The Morgan fingerprint density at radius 2 is 2.29 bits per heavy atom. The van der Waals surface area contributed by atoms with Crippen LogP contribution in [0.15, 0.2) is 24.3 Å². The minimum Gasteiger partial charge on any atom is -0.477 e. The van der Waals surface area contributed by atoms with Gasteiger partial charge in [0.15, 0.2) is 12.4 Å². The van der Waals surface area contributed by atoms with Crippen LogP contribution in [-0.2, 0) is 9.53 Å². The number of aromatic nitrogens is 2. The summed E-state index contributed by atoms with van der Waals surface area (Å²) in [7, 11) is 0. The van der Waals surface area contributed by atoms with E-state index in [4.69, 9.17) is 9.47 Å². The molecule has 0 unspecified atom stereocenters. The molecule has 0 spiro atoms. The van der Waals surface area contributed by atoms with Gasteiger partial charge in [0.05, 0.1) is 4.92 Å². The van der Waals surface area contributed by atoms with E-state index in [1.54, 1.807) is 6.07 Å². The molecule has 24 heavy (non-hydrogen) atoms. The van der Waals surface area contributed by atoms with E-state index in [9.17, 15) is 14.9 Å². The third kappa shape index (κ3) is 3.84. The minimum atomic E-state index is -0.564. The third-order valence-corrected chi connectivity index (χ3v) is 4.24. The second kappa shape index (κ2) is 7.32. The number of hydrogen-bond acceptors (Lipinski definition) is 8. The van der Waals surface area contributed by atoms with Crippen molar-refractivity contribution in [2.24, 2.45) is 0 Å². The lowest BCUT2D eigenvalue weighted by Crippen LogP contribution is -2.20. The molecule has 3 rings (SSSR count). The molecular formula is C14H14N4O5S. The fourth-order valence-electron chi connectivity index (χ4n) is 2.22. The Morgan fingerprint density at radius 3 is 3.04 bits per heavy atom. The third-order valence-electron chi connectivity index (χ3n) is 3.31. The van der Waals surface area contributed by atoms with Crippen LogP contribution in [0.5, 0.6) is 5.75 Å². The molecule has 2 aromatic rings. The van der Waals surface area contributed by atoms with Crippen molar-refractivity contribution >= 4 is 28.1 Å². The van der Waals surface area contributed by atoms with Crippen LogP contribution in [0, 0.1) is 10.1 Å². The summed E-state index contributed by atoms with van der Waals surface area (Å²) >= 11 is 1.25. The Bertz CT molecular complexity index is 744. The van der Waals surface area contributed by atoms with E-state index in [0.717, 1.165) is 17.8 Å². The van der Waals surface area contributed by atoms with E-state index in [-0.39, 0.29) is 24.1 Å². The number of nitrogens with one attached hydrogen (secondary N) is 1. The molecule has 1 N–H and O–H groups in total. The molecule has 2 heterocycles. The number of nitrogens with zero attached hydrogens (tertiary/aromatic N) is 3. The first kappa shape index (κ1) is 16.3. The molecular weight excluding hydrogens is 336 g/mol. The quantitative estimate of drug-likeness (QED) is 0.627. The molecule has 1 saturated heterocycles. The van der Waals surface area contributed by atoms with Crippen molar-refractivity contribution in [2.45, 2.75) is 18.9 Å². The largest absolute Gasteiger partial charge is 0.477 e. The van der Waals surface area contributed by atoms with E-state index < -0.39 is 10.8 Å². The molecule has 0 radical (unpaired) electrons. The zero-order valence-corrected chi connectivity index (χ0v) is 13.3. The van der Waals surface area contributed by atoms with Gasteiger partial charge in [0, 0.05) is 12.7 Å². The van der Waals surface area contributed by atoms with Gasteiger partial charge in [-0.3, -0.25) is 20.2 Å². The average molecular weight is 350 g/mol. The smallest absolute Gasteiger partial charge is 0.310 e. The number of ether oxygens (including phenoxy) is 2. The zero-order valence-electron chi connectivity index (χ0n) is 12.5. The SMILES string of the molecule is O=C(COc1ccccc1[N+](=O)[O-])Nc1nnc([C@@H]2CCCO2)s1. The second-order valence-electron chi connectivity index (χ2n) is 5.01. The van der Waals surface area contributed by atoms with E-state index in [1.807, 2.05) is 0 Å². The summed E-state index contributed by atoms with van der Waals surface area (Å²) in [5.74, 6) is -0.432. The number of nitro groups is 1. The summed E-state index contributed by atoms with van der Waals surface area (Å²) in [6.45, 7) is 0.343. The van der Waals surface area contributed by atoms with Crippen LogP contribution in [0.4, 0.5) is 10.8 Å². The van der Waals surface area contributed by atoms with Gasteiger partial charge in [0.25, 0.3) is 5.91 Å². The molecule has 0 bridgehead atoms. The van der Waals surface area contributed by atoms with Gasteiger partial charge in [0.1, 0.15) is 11.1 Å². The van der Waals surface area contributed by atoms with Crippen molar-refractivity contribution in [1.29, 1.82) is 0 Å². The van der Waals surface area contributed by atoms with E-state index in [2.05, 4.69) is 15.5 Å². The van der Waals surface area contributed by atoms with Gasteiger partial charge in [-0.1, -0.05) is 23.5 Å². The Kier molecular flexibility index (Phi) is 4.96. The lowest BCUT2D eigenvalue weighted by Gasteiger charge is -2.06. The second-order valence-corrected chi connectivity index (χ2v) is 6.02. The van der Waals surface area contributed by atoms with Crippen LogP contribution < -0.4 is 10.1 Å². The lowest BCUT2D eigenvalue weighted by molar-refractivity contribution is -0.385. The summed E-state index contributed by atoms with van der Waals surface area (Å²) in [4.78, 5) is 22.2. The summed E-state index contributed by atoms with van der Waals surface area (Å²) in [6, 6.07) is 5.87. The molecule has 1 aliphatic heterocycles. The zero-order chi connectivity index (χ0) is 16.9. The van der Waals surface area contributed by atoms with Gasteiger partial charge in [-0.15, -0.1) is 10.2 Å². The average Bonchev–Trinajstić information content (AvgIpc) is 3.24. The van der Waals surface area contributed by atoms with Crippen LogP contribution in [0.25, 0.3) is 0 Å². The predicted octanol–water partition coefficient (Wildman–Crippen LogP) is 2.32. The van der Waals surface area contributed by atoms with E-state index in [1.165, 1.54) is 29.5 Å². The van der Waals surface area contributed by atoms with Gasteiger partial charge >= 0.3 is 5.69 Å². The van der Waals surface area contributed by atoms with Crippen molar-refractivity contribution in [3.8, 4) is 5.75 Å². The summed E-state index contributed by atoms with van der Waals surface area (Å²) in [5, 5.41) is 22.4. The molecule has 9 nitrogen and oxygen atoms in total. The lowest BCUT2D eigenvalue weighted by atomic mass is 10.2. The highest BCUT2D eigenvalue weighted by molar-refractivity contribution is 7.15. The number of para-hydroxylation sites is 2. The van der Waals surface area contributed by atoms with Crippen molar-refractivity contribution in [3.05, 3.63) is 39.4 Å². The van der Waals surface area contributed by atoms with Crippen molar-refractivity contribution in [3.63, 3.8) is 0 Å². The highest BCUT2D eigenvalue weighted by atomic mass is 32.1. The number of anilines is 1. The fraction of sp³-hybridized carbons (Fsp3) is 0.357. The van der Waals surface area contributed by atoms with Gasteiger partial charge < -0.3 is 9.47 Å². The Hall–Kier alpha value is -2.59. The molecule has 1 aromatic carbocycles. The number of hydrogen-bond donors (Lipinski definition) is 1. The molecule has 1 aromatic heterocycles. The number of carbonyl (C=O) groups is 1. The normalized spacial score (nSPS) is 16.8. The van der Waals surface area contributed by atoms with Gasteiger partial charge in [-0.2, -0.15) is 0 Å². The molecule has 10 heteroatoms. The number of carbonyl (C=O) groups excluding carboxylic acids is 1. The summed E-state index contributed by atoms with van der Waals surface area (Å²) in [6.07, 6.45) is 1.82. The Balaban J connectivity index is 1.55. The summed E-state index contributed by atoms with van der Waals surface area (Å²) in [5.41, 5.74) is -0.193. The first-order valence-corrected chi connectivity index (χ1v) is 8.06. The van der Waals surface area contributed by atoms with Crippen LogP contribution in [0.3, 0.4) is 0 Å². The Morgan fingerprint density at radius 1 is 1.46 bits per heavy atom. The highest BCUT2D eigenvalue weighted by Gasteiger charge is 2.22. The number of nitro benzene ring substituents is 1. The van der Waals surface area contributed by atoms with Gasteiger partial charge in [-0.25, -0.2) is 0 Å². The highest BCUT2D eigenvalue weighted by Crippen LogP contribution is 2.32. The molecule has 1 atom stereocenters. The molecule has 1 amide bonds. The number of amides is 1. The monoisotopic (exact) mass is 350 g/mol. The van der Waals surface area contributed by atoms with Crippen molar-refractivity contribution in [2.75, 3.05) is 18.5 Å². The maximum Gasteiger partial charge on any atom is 0.310 e. The fourth-order valence-corrected chi connectivity index (χ4v) is 3.06. The van der Waals surface area contributed by atoms with E-state index >= 15 is 0 Å². The summed E-state index contributed by atoms with van der Waals surface area (Å²) < 4.78 is 10.7. The first-order valence-electron chi connectivity index (χ1n) is 7.24. The van der Waals surface area contributed by atoms with Crippen molar-refractivity contribution in [1.82, 2.24) is 10.2 Å². The first-order chi connectivity index (χ1) is 11.6. The topological polar surface area (TPSA) is 116 Å². The maximum atomic E-state index is 11.9. The van der Waals surface area contributed by atoms with Crippen LogP contribution in [-0.4, -0.2) is 34.2 Å². The van der Waals surface area contributed by atoms with Crippen LogP contribution in [0.1, 0.15) is 24.0 Å². The van der Waals surface area contributed by atoms with Crippen LogP contribution >= 0.6 is 11.3 Å². The van der Waals surface area contributed by atoms with Crippen LogP contribution in [0.2, 0.25) is 0 Å². The molecule has 126 valence electrons. The number of rotatable bonds is 6. The molecule has 0 saturated carbocycles.